The maximum absolute atomic E-state index is 12.2. The quantitative estimate of drug-likeness (QED) is 0.181. The van der Waals surface area contributed by atoms with Gasteiger partial charge < -0.3 is 4.74 Å². The fourth-order valence-electron chi connectivity index (χ4n) is 2.94. The molecule has 0 aromatic heterocycles. The van der Waals surface area contributed by atoms with Crippen LogP contribution in [-0.4, -0.2) is 12.1 Å². The number of carbonyl (C=O) groups is 1. The smallest absolute Gasteiger partial charge is 0.244 e. The van der Waals surface area contributed by atoms with Crippen LogP contribution in [-0.2, 0) is 17.8 Å². The fraction of sp³-hybridized carbons (Fsp3) is 0.167. The van der Waals surface area contributed by atoms with Crippen LogP contribution in [0.25, 0.3) is 0 Å². The molecule has 0 aliphatic rings. The molecule has 0 spiro atoms. The summed E-state index contributed by atoms with van der Waals surface area (Å²) in [7, 11) is 0. The molecular weight excluding hydrogens is 638 g/mol. The van der Waals surface area contributed by atoms with Gasteiger partial charge in [-0.15, -0.1) is 0 Å². The zero-order valence-electron chi connectivity index (χ0n) is 17.1. The summed E-state index contributed by atoms with van der Waals surface area (Å²) >= 11 is 10.7. The van der Waals surface area contributed by atoms with E-state index in [4.69, 9.17) is 16.3 Å². The molecule has 1 amide bonds. The van der Waals surface area contributed by atoms with Gasteiger partial charge in [0.15, 0.2) is 0 Å². The van der Waals surface area contributed by atoms with Gasteiger partial charge in [-0.05, 0) is 93.9 Å². The molecule has 0 saturated heterocycles. The molecule has 0 heterocycles. The van der Waals surface area contributed by atoms with Gasteiger partial charge in [-0.25, -0.2) is 5.43 Å². The molecule has 0 saturated carbocycles. The Balaban J connectivity index is 1.61. The number of rotatable bonds is 7. The number of ether oxygens (including phenoxy) is 1. The fourth-order valence-corrected chi connectivity index (χ4v) is 5.26. The number of aryl methyl sites for hydroxylation is 2. The van der Waals surface area contributed by atoms with E-state index in [9.17, 15) is 4.79 Å². The van der Waals surface area contributed by atoms with Crippen LogP contribution in [0.1, 0.15) is 27.8 Å². The average Bonchev–Trinajstić information content (AvgIpc) is 2.71. The van der Waals surface area contributed by atoms with Crippen LogP contribution in [0, 0.1) is 21.0 Å². The first-order valence-corrected chi connectivity index (χ1v) is 12.1. The van der Waals surface area contributed by atoms with Crippen molar-refractivity contribution in [3.63, 3.8) is 0 Å². The molecule has 160 valence electrons. The van der Waals surface area contributed by atoms with Gasteiger partial charge in [0.05, 0.1) is 19.8 Å². The van der Waals surface area contributed by atoms with E-state index < -0.39 is 0 Å². The van der Waals surface area contributed by atoms with Gasteiger partial charge in [0.1, 0.15) is 12.4 Å². The topological polar surface area (TPSA) is 50.7 Å². The largest absolute Gasteiger partial charge is 0.487 e. The molecule has 3 aromatic carbocycles. The number of nitrogens with zero attached hydrogens (tertiary/aromatic N) is 1. The number of benzene rings is 3. The van der Waals surface area contributed by atoms with Crippen LogP contribution in [0.2, 0.25) is 5.02 Å². The van der Waals surface area contributed by atoms with Crippen LogP contribution in [0.3, 0.4) is 0 Å². The third-order valence-electron chi connectivity index (χ3n) is 4.61. The summed E-state index contributed by atoms with van der Waals surface area (Å²) in [5, 5.41) is 4.81. The second-order valence-corrected chi connectivity index (χ2v) is 9.83. The summed E-state index contributed by atoms with van der Waals surface area (Å²) < 4.78 is 7.92. The lowest BCUT2D eigenvalue weighted by Crippen LogP contribution is -2.20. The third kappa shape index (κ3) is 6.92. The minimum Gasteiger partial charge on any atom is -0.487 e. The highest BCUT2D eigenvalue weighted by Gasteiger charge is 2.10. The lowest BCUT2D eigenvalue weighted by atomic mass is 10.0. The van der Waals surface area contributed by atoms with Crippen LogP contribution >= 0.6 is 56.8 Å². The van der Waals surface area contributed by atoms with Crippen molar-refractivity contribution in [3.05, 3.63) is 94.6 Å². The van der Waals surface area contributed by atoms with E-state index in [1.165, 1.54) is 0 Å². The lowest BCUT2D eigenvalue weighted by molar-refractivity contribution is -0.120. The number of nitrogens with one attached hydrogen (secondary N) is 1. The molecule has 0 atom stereocenters. The predicted molar refractivity (Wildman–Crippen MR) is 143 cm³/mol. The van der Waals surface area contributed by atoms with Gasteiger partial charge in [0.2, 0.25) is 5.91 Å². The number of halogens is 3. The number of hydrazone groups is 1. The number of hydrogen-bond acceptors (Lipinski definition) is 3. The summed E-state index contributed by atoms with van der Waals surface area (Å²) in [5.74, 6) is 0.659. The number of amides is 1. The normalized spacial score (nSPS) is 11.0. The van der Waals surface area contributed by atoms with Crippen LogP contribution in [0.4, 0.5) is 0 Å². The Morgan fingerprint density at radius 1 is 1.06 bits per heavy atom. The SMILES string of the molecule is Cc1ccc(C)c(CC(=O)N/N=C/c2cc(I)c(OCc3ccccc3Cl)c(I)c2)c1. The first-order chi connectivity index (χ1) is 14.8. The standard InChI is InChI=1S/C24H21ClI2N2O2/c1-15-7-8-16(2)19(9-15)12-23(30)29-28-13-17-10-21(26)24(22(27)11-17)31-14-18-5-3-4-6-20(18)25/h3-11,13H,12,14H2,1-2H3,(H,29,30)/b28-13+. The zero-order chi connectivity index (χ0) is 22.4. The molecule has 0 unspecified atom stereocenters. The second-order valence-electron chi connectivity index (χ2n) is 7.09. The van der Waals surface area contributed by atoms with Gasteiger partial charge >= 0.3 is 0 Å². The Labute approximate surface area is 214 Å². The van der Waals surface area contributed by atoms with Crippen molar-refractivity contribution < 1.29 is 9.53 Å². The van der Waals surface area contributed by atoms with Gasteiger partial charge in [0, 0.05) is 10.6 Å². The van der Waals surface area contributed by atoms with Gasteiger partial charge in [-0.2, -0.15) is 5.10 Å². The lowest BCUT2D eigenvalue weighted by Gasteiger charge is -2.12. The summed E-state index contributed by atoms with van der Waals surface area (Å²) in [6.07, 6.45) is 1.94. The Bertz CT molecular complexity index is 1110. The van der Waals surface area contributed by atoms with E-state index in [1.807, 2.05) is 68.4 Å². The van der Waals surface area contributed by atoms with Crippen molar-refractivity contribution in [2.45, 2.75) is 26.9 Å². The van der Waals surface area contributed by atoms with Crippen LogP contribution in [0.15, 0.2) is 59.7 Å². The molecule has 0 radical (unpaired) electrons. The molecule has 0 fully saturated rings. The molecule has 3 aromatic rings. The summed E-state index contributed by atoms with van der Waals surface area (Å²) in [6, 6.07) is 17.7. The molecule has 31 heavy (non-hydrogen) atoms. The summed E-state index contributed by atoms with van der Waals surface area (Å²) in [6.45, 7) is 4.42. The maximum atomic E-state index is 12.2. The summed E-state index contributed by atoms with van der Waals surface area (Å²) in [5.41, 5.74) is 7.68. The van der Waals surface area contributed by atoms with Crippen LogP contribution < -0.4 is 10.2 Å². The highest BCUT2D eigenvalue weighted by Crippen LogP contribution is 2.30. The van der Waals surface area contributed by atoms with Crippen molar-refractivity contribution in [2.75, 3.05) is 0 Å². The van der Waals surface area contributed by atoms with Crippen LogP contribution in [0.5, 0.6) is 5.75 Å². The Morgan fingerprint density at radius 2 is 1.77 bits per heavy atom. The van der Waals surface area contributed by atoms with E-state index in [-0.39, 0.29) is 5.91 Å². The number of hydrogen-bond donors (Lipinski definition) is 1. The van der Waals surface area contributed by atoms with E-state index >= 15 is 0 Å². The molecule has 0 aliphatic heterocycles. The first-order valence-electron chi connectivity index (χ1n) is 9.57. The van der Waals surface area contributed by atoms with E-state index in [0.29, 0.717) is 18.1 Å². The molecular formula is C24H21ClI2N2O2. The van der Waals surface area contributed by atoms with E-state index in [0.717, 1.165) is 40.7 Å². The van der Waals surface area contributed by atoms with Crippen molar-refractivity contribution in [1.82, 2.24) is 5.43 Å². The van der Waals surface area contributed by atoms with Crippen molar-refractivity contribution in [2.24, 2.45) is 5.10 Å². The molecule has 4 nitrogen and oxygen atoms in total. The van der Waals surface area contributed by atoms with Crippen molar-refractivity contribution in [1.29, 1.82) is 0 Å². The minimum absolute atomic E-state index is 0.144. The van der Waals surface area contributed by atoms with E-state index in [1.54, 1.807) is 6.21 Å². The molecule has 7 heteroatoms. The monoisotopic (exact) mass is 658 g/mol. The molecule has 1 N–H and O–H groups in total. The van der Waals surface area contributed by atoms with E-state index in [2.05, 4.69) is 55.7 Å². The number of carbonyl (C=O) groups excluding carboxylic acids is 1. The van der Waals surface area contributed by atoms with Gasteiger partial charge in [0.25, 0.3) is 0 Å². The maximum Gasteiger partial charge on any atom is 0.244 e. The third-order valence-corrected chi connectivity index (χ3v) is 6.58. The highest BCUT2D eigenvalue weighted by molar-refractivity contribution is 14.1. The summed E-state index contributed by atoms with van der Waals surface area (Å²) in [4.78, 5) is 12.2. The van der Waals surface area contributed by atoms with Gasteiger partial charge in [-0.3, -0.25) is 4.79 Å². The Kier molecular flexibility index (Phi) is 8.74. The first kappa shape index (κ1) is 24.0. The predicted octanol–water partition coefficient (Wildman–Crippen LogP) is 6.44. The molecule has 0 bridgehead atoms. The second kappa shape index (κ2) is 11.3. The van der Waals surface area contributed by atoms with Crippen molar-refractivity contribution >= 4 is 68.9 Å². The molecule has 3 rings (SSSR count). The van der Waals surface area contributed by atoms with Gasteiger partial charge in [-0.1, -0.05) is 53.6 Å². The minimum atomic E-state index is -0.144. The average molecular weight is 659 g/mol. The highest BCUT2D eigenvalue weighted by atomic mass is 127. The Morgan fingerprint density at radius 3 is 2.48 bits per heavy atom. The zero-order valence-corrected chi connectivity index (χ0v) is 22.2. The van der Waals surface area contributed by atoms with Crippen molar-refractivity contribution in [3.8, 4) is 5.75 Å². The Hall–Kier alpha value is -1.65. The molecule has 0 aliphatic carbocycles.